The summed E-state index contributed by atoms with van der Waals surface area (Å²) in [6.07, 6.45) is 0.911. The van der Waals surface area contributed by atoms with Crippen LogP contribution >= 0.6 is 0 Å². The molecule has 3 aromatic heterocycles. The van der Waals surface area contributed by atoms with Gasteiger partial charge in [0.15, 0.2) is 5.82 Å². The van der Waals surface area contributed by atoms with Gasteiger partial charge in [0.2, 0.25) is 5.95 Å². The number of nitrogens with zero attached hydrogens (tertiary/aromatic N) is 8. The number of nitrogens with one attached hydrogen (secondary N) is 2. The number of hydrogen-bond acceptors (Lipinski definition) is 10. The van der Waals surface area contributed by atoms with Crippen LogP contribution in [0.15, 0.2) is 48.5 Å². The Morgan fingerprint density at radius 1 is 0.860 bits per heavy atom. The van der Waals surface area contributed by atoms with Crippen molar-refractivity contribution in [3.05, 3.63) is 60.0 Å². The second-order valence-electron chi connectivity index (χ2n) is 11.0. The molecule has 2 fully saturated rings. The Kier molecular flexibility index (Phi) is 7.71. The van der Waals surface area contributed by atoms with Crippen LogP contribution in [-0.4, -0.2) is 99.0 Å². The number of aryl methyl sites for hydroxylation is 2. The van der Waals surface area contributed by atoms with Crippen LogP contribution in [0, 0.1) is 6.92 Å². The molecule has 0 amide bonds. The van der Waals surface area contributed by atoms with Gasteiger partial charge in [-0.3, -0.25) is 9.58 Å². The smallest absolute Gasteiger partial charge is 0.228 e. The second kappa shape index (κ2) is 12.1. The van der Waals surface area contributed by atoms with Crippen LogP contribution in [0.4, 0.5) is 17.5 Å². The van der Waals surface area contributed by atoms with Gasteiger partial charge in [0.1, 0.15) is 11.6 Å². The summed E-state index contributed by atoms with van der Waals surface area (Å²) in [6.45, 7) is 9.28. The third kappa shape index (κ3) is 6.07. The van der Waals surface area contributed by atoms with Gasteiger partial charge >= 0.3 is 0 Å². The van der Waals surface area contributed by atoms with Crippen LogP contribution in [0.1, 0.15) is 11.5 Å². The quantitative estimate of drug-likeness (QED) is 0.282. The molecule has 0 aliphatic carbocycles. The van der Waals surface area contributed by atoms with Gasteiger partial charge < -0.3 is 24.7 Å². The first-order chi connectivity index (χ1) is 21.1. The van der Waals surface area contributed by atoms with Crippen LogP contribution in [0.2, 0.25) is 0 Å². The molecule has 0 atom stereocenters. The van der Waals surface area contributed by atoms with E-state index in [9.17, 15) is 0 Å². The van der Waals surface area contributed by atoms with E-state index in [2.05, 4.69) is 48.5 Å². The lowest BCUT2D eigenvalue weighted by molar-refractivity contribution is 0.0383. The zero-order valence-corrected chi connectivity index (χ0v) is 24.6. The Labute approximate surface area is 250 Å². The summed E-state index contributed by atoms with van der Waals surface area (Å²) in [6, 6.07) is 16.6. The lowest BCUT2D eigenvalue weighted by Gasteiger charge is -2.27. The maximum atomic E-state index is 5.59. The Bertz CT molecular complexity index is 1700. The predicted octanol–water partition coefficient (Wildman–Crippen LogP) is 3.58. The third-order valence-electron chi connectivity index (χ3n) is 8.03. The third-order valence-corrected chi connectivity index (χ3v) is 8.03. The van der Waals surface area contributed by atoms with Gasteiger partial charge in [0, 0.05) is 74.5 Å². The van der Waals surface area contributed by atoms with Crippen LogP contribution in [-0.2, 0) is 22.9 Å². The molecule has 0 saturated carbocycles. The van der Waals surface area contributed by atoms with Crippen LogP contribution in [0.3, 0.4) is 0 Å². The minimum Gasteiger partial charge on any atom is -0.379 e. The molecular formula is C31H36N10O2. The molecule has 2 aromatic carbocycles. The molecule has 2 N–H and O–H groups in total. The standard InChI is InChI=1S/C31H36N10O2/c1-21-32-30(37-36-21)22-3-6-24(7-4-22)33-29-20-27(34-31(35-29)41-13-17-43-18-14-41)23-5-8-25-26(38-39(2)28(25)19-23)9-10-40-11-15-42-16-12-40/h3-8,19-20H,9-18H2,1-2H3,(H,32,36,37)(H,33,34,35). The van der Waals surface area contributed by atoms with Crippen LogP contribution in [0.25, 0.3) is 33.5 Å². The lowest BCUT2D eigenvalue weighted by Crippen LogP contribution is -2.37. The second-order valence-corrected chi connectivity index (χ2v) is 11.0. The number of hydrogen-bond donors (Lipinski definition) is 2. The number of fused-ring (bicyclic) bond motifs is 1. The van der Waals surface area contributed by atoms with E-state index in [-0.39, 0.29) is 0 Å². The van der Waals surface area contributed by atoms with Crippen molar-refractivity contribution in [3.8, 4) is 22.6 Å². The summed E-state index contributed by atoms with van der Waals surface area (Å²) in [7, 11) is 2.01. The van der Waals surface area contributed by atoms with Crippen molar-refractivity contribution in [3.63, 3.8) is 0 Å². The average molecular weight is 581 g/mol. The van der Waals surface area contributed by atoms with E-state index in [1.54, 1.807) is 0 Å². The van der Waals surface area contributed by atoms with E-state index >= 15 is 0 Å². The normalized spacial score (nSPS) is 16.2. The zero-order chi connectivity index (χ0) is 29.2. The molecule has 0 radical (unpaired) electrons. The molecule has 12 nitrogen and oxygen atoms in total. The van der Waals surface area contributed by atoms with E-state index in [0.717, 1.165) is 104 Å². The van der Waals surface area contributed by atoms with Gasteiger partial charge in [0.25, 0.3) is 0 Å². The fourth-order valence-corrected chi connectivity index (χ4v) is 5.65. The highest BCUT2D eigenvalue weighted by Crippen LogP contribution is 2.30. The minimum absolute atomic E-state index is 0.660. The van der Waals surface area contributed by atoms with Gasteiger partial charge in [-0.1, -0.05) is 12.1 Å². The van der Waals surface area contributed by atoms with Crippen molar-refractivity contribution in [2.45, 2.75) is 13.3 Å². The van der Waals surface area contributed by atoms with E-state index in [1.165, 1.54) is 5.39 Å². The number of benzene rings is 2. The van der Waals surface area contributed by atoms with E-state index in [1.807, 2.05) is 49.0 Å². The summed E-state index contributed by atoms with van der Waals surface area (Å²) in [5, 5.41) is 17.8. The number of ether oxygens (including phenoxy) is 2. The lowest BCUT2D eigenvalue weighted by atomic mass is 10.1. The molecule has 0 bridgehead atoms. The van der Waals surface area contributed by atoms with Crippen molar-refractivity contribution in [2.75, 3.05) is 69.4 Å². The summed E-state index contributed by atoms with van der Waals surface area (Å²) in [5.74, 6) is 2.95. The SMILES string of the molecule is Cc1nnc(-c2ccc(Nc3cc(-c4ccc5c(CCN6CCOCC6)nn(C)c5c4)nc(N4CCOCC4)n3)cc2)[nH]1. The van der Waals surface area contributed by atoms with Gasteiger partial charge in [-0.2, -0.15) is 10.1 Å². The number of aromatic nitrogens is 7. The van der Waals surface area contributed by atoms with Crippen molar-refractivity contribution in [1.82, 2.24) is 39.8 Å². The molecule has 222 valence electrons. The molecule has 5 aromatic rings. The van der Waals surface area contributed by atoms with Gasteiger partial charge in [0.05, 0.1) is 43.3 Å². The maximum Gasteiger partial charge on any atom is 0.228 e. The average Bonchev–Trinajstić information content (AvgIpc) is 3.63. The zero-order valence-electron chi connectivity index (χ0n) is 24.6. The van der Waals surface area contributed by atoms with Crippen LogP contribution < -0.4 is 10.2 Å². The van der Waals surface area contributed by atoms with E-state index < -0.39 is 0 Å². The first kappa shape index (κ1) is 27.4. The van der Waals surface area contributed by atoms with Crippen molar-refractivity contribution in [1.29, 1.82) is 0 Å². The maximum absolute atomic E-state index is 5.59. The fourth-order valence-electron chi connectivity index (χ4n) is 5.65. The van der Waals surface area contributed by atoms with Crippen molar-refractivity contribution >= 4 is 28.4 Å². The summed E-state index contributed by atoms with van der Waals surface area (Å²) >= 11 is 0. The largest absolute Gasteiger partial charge is 0.379 e. The first-order valence-corrected chi connectivity index (χ1v) is 14.8. The fraction of sp³-hybridized carbons (Fsp3) is 0.387. The molecule has 2 aliphatic heterocycles. The highest BCUT2D eigenvalue weighted by Gasteiger charge is 2.19. The molecular weight excluding hydrogens is 544 g/mol. The number of aromatic amines is 1. The molecule has 5 heterocycles. The molecule has 0 unspecified atom stereocenters. The monoisotopic (exact) mass is 580 g/mol. The number of morpholine rings is 2. The van der Waals surface area contributed by atoms with Gasteiger partial charge in [-0.25, -0.2) is 4.98 Å². The van der Waals surface area contributed by atoms with Gasteiger partial charge in [-0.05, 0) is 37.3 Å². The first-order valence-electron chi connectivity index (χ1n) is 14.8. The number of anilines is 3. The summed E-state index contributed by atoms with van der Waals surface area (Å²) in [4.78, 5) is 17.7. The van der Waals surface area contributed by atoms with Crippen molar-refractivity contribution < 1.29 is 9.47 Å². The molecule has 2 aliphatic rings. The summed E-state index contributed by atoms with van der Waals surface area (Å²) < 4.78 is 13.1. The molecule has 12 heteroatoms. The molecule has 0 spiro atoms. The minimum atomic E-state index is 0.660. The topological polar surface area (TPSA) is 122 Å². The van der Waals surface area contributed by atoms with Gasteiger partial charge in [-0.15, -0.1) is 10.2 Å². The van der Waals surface area contributed by atoms with Crippen LogP contribution in [0.5, 0.6) is 0 Å². The number of rotatable bonds is 8. The number of H-pyrrole nitrogens is 1. The van der Waals surface area contributed by atoms with Crippen molar-refractivity contribution in [2.24, 2.45) is 7.05 Å². The molecule has 7 rings (SSSR count). The molecule has 43 heavy (non-hydrogen) atoms. The van der Waals surface area contributed by atoms with E-state index in [4.69, 9.17) is 24.5 Å². The summed E-state index contributed by atoms with van der Waals surface area (Å²) in [5.41, 5.74) is 5.98. The Morgan fingerprint density at radius 3 is 2.35 bits per heavy atom. The van der Waals surface area contributed by atoms with E-state index in [0.29, 0.717) is 19.2 Å². The Hall–Kier alpha value is -4.39. The predicted molar refractivity (Wildman–Crippen MR) is 166 cm³/mol. The highest BCUT2D eigenvalue weighted by molar-refractivity contribution is 5.87. The Balaban J connectivity index is 1.17. The molecule has 2 saturated heterocycles. The Morgan fingerprint density at radius 2 is 1.60 bits per heavy atom. The highest BCUT2D eigenvalue weighted by atomic mass is 16.5.